The summed E-state index contributed by atoms with van der Waals surface area (Å²) in [5.41, 5.74) is 0. The van der Waals surface area contributed by atoms with Gasteiger partial charge in [-0.25, -0.2) is 0 Å². The van der Waals surface area contributed by atoms with Gasteiger partial charge in [0, 0.05) is 0 Å². The molecule has 0 aliphatic rings. The summed E-state index contributed by atoms with van der Waals surface area (Å²) in [6.07, 6.45) is 0.441. The molecule has 0 bridgehead atoms. The molecule has 0 aliphatic carbocycles. The number of hydrogen-bond acceptors (Lipinski definition) is 4. The molecule has 0 aliphatic heterocycles. The lowest BCUT2D eigenvalue weighted by Gasteiger charge is -1.93. The molecule has 9 heavy (non-hydrogen) atoms. The van der Waals surface area contributed by atoms with E-state index in [0.29, 0.717) is 6.41 Å². The molecule has 0 atom stereocenters. The largest absolute Gasteiger partial charge is 0.468 e. The van der Waals surface area contributed by atoms with Crippen molar-refractivity contribution in [1.29, 1.82) is 0 Å². The van der Waals surface area contributed by atoms with Gasteiger partial charge in [-0.2, -0.15) is 0 Å². The van der Waals surface area contributed by atoms with Gasteiger partial charge < -0.3 is 16.2 Å². The molecule has 0 radical (unpaired) electrons. The van der Waals surface area contributed by atoms with Crippen LogP contribution in [0.3, 0.4) is 0 Å². The zero-order chi connectivity index (χ0) is 6.41. The number of esters is 1. The van der Waals surface area contributed by atoms with Crippen LogP contribution in [0.25, 0.3) is 0 Å². The molecule has 5 heteroatoms. The van der Waals surface area contributed by atoms with Gasteiger partial charge in [-0.05, 0) is 0 Å². The molecule has 0 fully saturated rings. The average Bonchev–Trinajstić information content (AvgIpc) is 1.83. The Hall–Kier alpha value is -1.10. The highest BCUT2D eigenvalue weighted by Crippen LogP contribution is 1.65. The molecular formula is C4H10N2O3. The standard InChI is InChI=1S/C4H7NO3.H3N/c1-8-4(7)2-5-3-6;/h3H,2H2,1H3,(H,5,6);1H3. The van der Waals surface area contributed by atoms with E-state index in [1.807, 2.05) is 0 Å². The Morgan fingerprint density at radius 1 is 1.78 bits per heavy atom. The summed E-state index contributed by atoms with van der Waals surface area (Å²) in [6.45, 7) is -0.0556. The molecule has 0 saturated carbocycles. The van der Waals surface area contributed by atoms with Crippen LogP contribution < -0.4 is 11.5 Å². The molecule has 54 valence electrons. The van der Waals surface area contributed by atoms with Crippen molar-refractivity contribution in [3.63, 3.8) is 0 Å². The van der Waals surface area contributed by atoms with Crippen molar-refractivity contribution >= 4 is 12.4 Å². The van der Waals surface area contributed by atoms with Crippen molar-refractivity contribution in [3.05, 3.63) is 0 Å². The van der Waals surface area contributed by atoms with E-state index >= 15 is 0 Å². The number of hydrogen-bond donors (Lipinski definition) is 2. The van der Waals surface area contributed by atoms with Gasteiger partial charge in [0.1, 0.15) is 6.54 Å². The summed E-state index contributed by atoms with van der Waals surface area (Å²) in [5, 5.41) is 2.14. The van der Waals surface area contributed by atoms with Crippen molar-refractivity contribution in [1.82, 2.24) is 11.5 Å². The highest BCUT2D eigenvalue weighted by Gasteiger charge is 1.93. The molecule has 0 saturated heterocycles. The second kappa shape index (κ2) is 6.90. The third kappa shape index (κ3) is 6.90. The van der Waals surface area contributed by atoms with Crippen LogP contribution >= 0.6 is 0 Å². The fraction of sp³-hybridized carbons (Fsp3) is 0.500. The minimum atomic E-state index is -0.447. The monoisotopic (exact) mass is 134 g/mol. The van der Waals surface area contributed by atoms with Gasteiger partial charge in [-0.15, -0.1) is 0 Å². The number of amides is 1. The summed E-state index contributed by atoms with van der Waals surface area (Å²) < 4.78 is 4.19. The molecule has 1 amide bonds. The highest BCUT2D eigenvalue weighted by atomic mass is 16.5. The predicted molar refractivity (Wildman–Crippen MR) is 31.1 cm³/mol. The number of carbonyl (C=O) groups excluding carboxylic acids is 2. The van der Waals surface area contributed by atoms with Gasteiger partial charge in [0.2, 0.25) is 6.41 Å². The minimum absolute atomic E-state index is 0. The van der Waals surface area contributed by atoms with Crippen LogP contribution in [0, 0.1) is 0 Å². The lowest BCUT2D eigenvalue weighted by molar-refractivity contribution is -0.140. The fourth-order valence-corrected chi connectivity index (χ4v) is 0.197. The van der Waals surface area contributed by atoms with E-state index in [0.717, 1.165) is 0 Å². The Morgan fingerprint density at radius 2 is 2.33 bits per heavy atom. The summed E-state index contributed by atoms with van der Waals surface area (Å²) in [4.78, 5) is 19.6. The van der Waals surface area contributed by atoms with E-state index in [2.05, 4.69) is 10.1 Å². The number of ether oxygens (including phenoxy) is 1. The van der Waals surface area contributed by atoms with Gasteiger partial charge in [0.25, 0.3) is 0 Å². The Bertz CT molecular complexity index is 93.8. The summed E-state index contributed by atoms with van der Waals surface area (Å²) in [7, 11) is 1.26. The lowest BCUT2D eigenvalue weighted by atomic mass is 10.7. The molecule has 5 nitrogen and oxygen atoms in total. The quantitative estimate of drug-likeness (QED) is 0.385. The van der Waals surface area contributed by atoms with E-state index in [1.165, 1.54) is 7.11 Å². The summed E-state index contributed by atoms with van der Waals surface area (Å²) >= 11 is 0. The van der Waals surface area contributed by atoms with Gasteiger partial charge >= 0.3 is 5.97 Å². The summed E-state index contributed by atoms with van der Waals surface area (Å²) in [5.74, 6) is -0.447. The molecule has 0 spiro atoms. The molecule has 4 N–H and O–H groups in total. The summed E-state index contributed by atoms with van der Waals surface area (Å²) in [6, 6.07) is 0. The molecule has 0 aromatic carbocycles. The first-order valence-electron chi connectivity index (χ1n) is 2.05. The van der Waals surface area contributed by atoms with Crippen LogP contribution in [0.1, 0.15) is 0 Å². The van der Waals surface area contributed by atoms with E-state index < -0.39 is 5.97 Å². The first-order valence-corrected chi connectivity index (χ1v) is 2.05. The van der Waals surface area contributed by atoms with Crippen molar-refractivity contribution in [2.75, 3.05) is 13.7 Å². The number of methoxy groups -OCH3 is 1. The number of nitrogens with one attached hydrogen (secondary N) is 1. The van der Waals surface area contributed by atoms with Gasteiger partial charge in [-0.3, -0.25) is 9.59 Å². The Labute approximate surface area is 53.0 Å². The topological polar surface area (TPSA) is 90.4 Å². The molecule has 0 heterocycles. The minimum Gasteiger partial charge on any atom is -0.468 e. The first kappa shape index (κ1) is 10.8. The fourth-order valence-electron chi connectivity index (χ4n) is 0.197. The maximum absolute atomic E-state index is 10.1. The van der Waals surface area contributed by atoms with Crippen LogP contribution in [0.4, 0.5) is 0 Å². The van der Waals surface area contributed by atoms with E-state index in [4.69, 9.17) is 0 Å². The van der Waals surface area contributed by atoms with Crippen LogP contribution in [0.15, 0.2) is 0 Å². The van der Waals surface area contributed by atoms with E-state index in [-0.39, 0.29) is 12.7 Å². The van der Waals surface area contributed by atoms with Crippen LogP contribution in [0.5, 0.6) is 0 Å². The first-order chi connectivity index (χ1) is 3.81. The molecule has 0 rings (SSSR count). The van der Waals surface area contributed by atoms with Crippen molar-refractivity contribution in [3.8, 4) is 0 Å². The second-order valence-electron chi connectivity index (χ2n) is 1.07. The maximum Gasteiger partial charge on any atom is 0.325 e. The molecule has 0 aromatic rings. The van der Waals surface area contributed by atoms with Gasteiger partial charge in [-0.1, -0.05) is 0 Å². The lowest BCUT2D eigenvalue weighted by Crippen LogP contribution is -2.21. The van der Waals surface area contributed by atoms with Gasteiger partial charge in [0.05, 0.1) is 7.11 Å². The SMILES string of the molecule is COC(=O)CNC=O.N. The van der Waals surface area contributed by atoms with Crippen molar-refractivity contribution in [2.45, 2.75) is 0 Å². The van der Waals surface area contributed by atoms with Gasteiger partial charge in [0.15, 0.2) is 0 Å². The van der Waals surface area contributed by atoms with Crippen LogP contribution in [0.2, 0.25) is 0 Å². The Kier molecular flexibility index (Phi) is 8.28. The third-order valence-electron chi connectivity index (χ3n) is 0.557. The molecular weight excluding hydrogens is 124 g/mol. The molecule has 0 unspecified atom stereocenters. The van der Waals surface area contributed by atoms with E-state index in [1.54, 1.807) is 0 Å². The third-order valence-corrected chi connectivity index (χ3v) is 0.557. The second-order valence-corrected chi connectivity index (χ2v) is 1.07. The zero-order valence-electron chi connectivity index (χ0n) is 5.22. The smallest absolute Gasteiger partial charge is 0.325 e. The average molecular weight is 134 g/mol. The Balaban J connectivity index is 0. The zero-order valence-corrected chi connectivity index (χ0v) is 5.22. The highest BCUT2D eigenvalue weighted by molar-refractivity contribution is 5.73. The predicted octanol–water partition coefficient (Wildman–Crippen LogP) is -0.933. The van der Waals surface area contributed by atoms with Crippen molar-refractivity contribution in [2.24, 2.45) is 0 Å². The van der Waals surface area contributed by atoms with Crippen LogP contribution in [-0.4, -0.2) is 26.0 Å². The normalized spacial score (nSPS) is 6.78. The van der Waals surface area contributed by atoms with Crippen molar-refractivity contribution < 1.29 is 14.3 Å². The maximum atomic E-state index is 10.1. The number of rotatable bonds is 3. The molecule has 0 aromatic heterocycles. The van der Waals surface area contributed by atoms with E-state index in [9.17, 15) is 9.59 Å². The van der Waals surface area contributed by atoms with Crippen LogP contribution in [-0.2, 0) is 14.3 Å². The number of carbonyl (C=O) groups is 2. The Morgan fingerprint density at radius 3 is 2.67 bits per heavy atom.